The zero-order valence-electron chi connectivity index (χ0n) is 19.7. The van der Waals surface area contributed by atoms with Gasteiger partial charge in [-0.1, -0.05) is 71.9 Å². The largest absolute Gasteiger partial charge is 0.290 e. The number of aliphatic imine (C=N–C) groups is 1. The van der Waals surface area contributed by atoms with E-state index in [9.17, 15) is 0 Å². The highest BCUT2D eigenvalue weighted by molar-refractivity contribution is 5.60. The molecule has 2 unspecified atom stereocenters. The summed E-state index contributed by atoms with van der Waals surface area (Å²) in [7, 11) is 0. The standard InChI is InChI=1S/C26H45N/c1-11-18-26(19-12-2,24(9,13-3)14-4)25(10,27-21-23(7)8)20-16-15-17-22(5)6/h13,16,21,23H,3,11-12,14,18-20H2,1-2,4-10H3. The van der Waals surface area contributed by atoms with Crippen LogP contribution in [0.5, 0.6) is 0 Å². The Morgan fingerprint density at radius 1 is 1.07 bits per heavy atom. The van der Waals surface area contributed by atoms with Gasteiger partial charge in [0.05, 0.1) is 5.54 Å². The third kappa shape index (κ3) is 6.38. The summed E-state index contributed by atoms with van der Waals surface area (Å²) < 4.78 is 0. The predicted molar refractivity (Wildman–Crippen MR) is 124 cm³/mol. The lowest BCUT2D eigenvalue weighted by Crippen LogP contribution is -2.54. The summed E-state index contributed by atoms with van der Waals surface area (Å²) in [5, 5.41) is 0. The van der Waals surface area contributed by atoms with Crippen LogP contribution in [0.1, 0.15) is 101 Å². The van der Waals surface area contributed by atoms with Crippen molar-refractivity contribution in [3.05, 3.63) is 35.8 Å². The highest BCUT2D eigenvalue weighted by Crippen LogP contribution is 2.58. The Balaban J connectivity index is 6.69. The molecule has 0 N–H and O–H groups in total. The SMILES string of the molecule is C=CC(C)(CC)C(CCC)(CCC)C(C)(CC=C=C=C(C)C)N=CC(C)C. The number of hydrogen-bond acceptors (Lipinski definition) is 1. The molecule has 2 atom stereocenters. The van der Waals surface area contributed by atoms with Gasteiger partial charge in [0, 0.05) is 11.6 Å². The fourth-order valence-electron chi connectivity index (χ4n) is 4.51. The zero-order chi connectivity index (χ0) is 21.1. The van der Waals surface area contributed by atoms with Crippen molar-refractivity contribution in [1.29, 1.82) is 0 Å². The van der Waals surface area contributed by atoms with Crippen molar-refractivity contribution in [2.45, 2.75) is 106 Å². The molecule has 1 nitrogen and oxygen atoms in total. The van der Waals surface area contributed by atoms with Gasteiger partial charge in [-0.05, 0) is 69.4 Å². The Hall–Kier alpha value is -1.29. The van der Waals surface area contributed by atoms with E-state index in [1.54, 1.807) is 0 Å². The van der Waals surface area contributed by atoms with Gasteiger partial charge in [0.1, 0.15) is 0 Å². The van der Waals surface area contributed by atoms with Gasteiger partial charge in [-0.3, -0.25) is 4.99 Å². The van der Waals surface area contributed by atoms with Crippen molar-refractivity contribution in [2.24, 2.45) is 21.7 Å². The first-order valence-electron chi connectivity index (χ1n) is 10.9. The third-order valence-electron chi connectivity index (χ3n) is 6.24. The van der Waals surface area contributed by atoms with Crippen LogP contribution in [0.2, 0.25) is 0 Å². The quantitative estimate of drug-likeness (QED) is 0.186. The summed E-state index contributed by atoms with van der Waals surface area (Å²) >= 11 is 0. The van der Waals surface area contributed by atoms with Crippen LogP contribution < -0.4 is 0 Å². The molecular formula is C26H45N. The van der Waals surface area contributed by atoms with E-state index < -0.39 is 0 Å². The van der Waals surface area contributed by atoms with Crippen LogP contribution >= 0.6 is 0 Å². The molecule has 154 valence electrons. The number of nitrogens with zero attached hydrogens (tertiary/aromatic N) is 1. The van der Waals surface area contributed by atoms with Gasteiger partial charge >= 0.3 is 0 Å². The van der Waals surface area contributed by atoms with Crippen LogP contribution in [-0.2, 0) is 0 Å². The average molecular weight is 372 g/mol. The molecule has 0 rings (SSSR count). The first-order valence-corrected chi connectivity index (χ1v) is 10.9. The van der Waals surface area contributed by atoms with E-state index in [4.69, 9.17) is 4.99 Å². The molecule has 0 saturated carbocycles. The maximum atomic E-state index is 5.26. The highest BCUT2D eigenvalue weighted by Gasteiger charge is 2.55. The summed E-state index contributed by atoms with van der Waals surface area (Å²) in [6, 6.07) is 0. The van der Waals surface area contributed by atoms with Crippen molar-refractivity contribution in [2.75, 3.05) is 0 Å². The van der Waals surface area contributed by atoms with E-state index in [1.165, 1.54) is 0 Å². The summed E-state index contributed by atoms with van der Waals surface area (Å²) in [6.07, 6.45) is 13.1. The Morgan fingerprint density at radius 2 is 1.63 bits per heavy atom. The maximum Gasteiger partial charge on any atom is 0.0681 e. The first kappa shape index (κ1) is 25.7. The average Bonchev–Trinajstić information content (AvgIpc) is 2.62. The van der Waals surface area contributed by atoms with Gasteiger partial charge in [0.25, 0.3) is 0 Å². The summed E-state index contributed by atoms with van der Waals surface area (Å²) in [4.78, 5) is 5.26. The number of allylic oxidation sites excluding steroid dienone is 2. The molecule has 0 amide bonds. The number of rotatable bonds is 12. The van der Waals surface area contributed by atoms with E-state index in [2.05, 4.69) is 98.7 Å². The van der Waals surface area contributed by atoms with Crippen LogP contribution in [0, 0.1) is 16.7 Å². The molecule has 0 aliphatic heterocycles. The van der Waals surface area contributed by atoms with Crippen LogP contribution in [0.3, 0.4) is 0 Å². The first-order chi connectivity index (χ1) is 12.6. The molecule has 0 fully saturated rings. The predicted octanol–water partition coefficient (Wildman–Crippen LogP) is 8.33. The van der Waals surface area contributed by atoms with Gasteiger partial charge < -0.3 is 0 Å². The fraction of sp³-hybridized carbons (Fsp3) is 0.731. The molecule has 0 bridgehead atoms. The Kier molecular flexibility index (Phi) is 11.0. The molecule has 0 radical (unpaired) electrons. The summed E-state index contributed by atoms with van der Waals surface area (Å²) in [5.74, 6) is 0.444. The molecule has 1 heteroatoms. The van der Waals surface area contributed by atoms with E-state index in [-0.39, 0.29) is 16.4 Å². The molecule has 0 aromatic heterocycles. The second kappa shape index (κ2) is 11.5. The molecule has 0 aliphatic carbocycles. The highest BCUT2D eigenvalue weighted by atomic mass is 14.9. The lowest BCUT2D eigenvalue weighted by atomic mass is 9.50. The maximum absolute atomic E-state index is 5.26. The normalized spacial score (nSPS) is 16.4. The van der Waals surface area contributed by atoms with Crippen LogP contribution in [0.15, 0.2) is 40.8 Å². The molecule has 0 aliphatic rings. The van der Waals surface area contributed by atoms with E-state index >= 15 is 0 Å². The van der Waals surface area contributed by atoms with Crippen LogP contribution in [0.4, 0.5) is 0 Å². The zero-order valence-corrected chi connectivity index (χ0v) is 19.7. The number of hydrogen-bond donors (Lipinski definition) is 0. The van der Waals surface area contributed by atoms with Crippen molar-refractivity contribution < 1.29 is 0 Å². The van der Waals surface area contributed by atoms with Gasteiger partial charge in [0.2, 0.25) is 0 Å². The van der Waals surface area contributed by atoms with Gasteiger partial charge in [-0.25, -0.2) is 0 Å². The lowest BCUT2D eigenvalue weighted by molar-refractivity contribution is -0.00990. The van der Waals surface area contributed by atoms with E-state index in [0.29, 0.717) is 5.92 Å². The molecule has 0 aromatic carbocycles. The van der Waals surface area contributed by atoms with Crippen molar-refractivity contribution in [3.63, 3.8) is 0 Å². The Morgan fingerprint density at radius 3 is 2.00 bits per heavy atom. The van der Waals surface area contributed by atoms with Gasteiger partial charge in [-0.15, -0.1) is 6.58 Å². The minimum atomic E-state index is -0.196. The smallest absolute Gasteiger partial charge is 0.0681 e. The van der Waals surface area contributed by atoms with E-state index in [1.807, 2.05) is 0 Å². The molecule has 0 spiro atoms. The second-order valence-electron chi connectivity index (χ2n) is 9.03. The lowest BCUT2D eigenvalue weighted by Gasteiger charge is -2.56. The third-order valence-corrected chi connectivity index (χ3v) is 6.24. The van der Waals surface area contributed by atoms with Crippen molar-refractivity contribution >= 4 is 6.21 Å². The summed E-state index contributed by atoms with van der Waals surface area (Å²) in [6.45, 7) is 24.4. The van der Waals surface area contributed by atoms with Crippen LogP contribution in [-0.4, -0.2) is 11.8 Å². The Bertz CT molecular complexity index is 571. The van der Waals surface area contributed by atoms with Gasteiger partial charge in [0.15, 0.2) is 0 Å². The second-order valence-corrected chi connectivity index (χ2v) is 9.03. The fourth-order valence-corrected chi connectivity index (χ4v) is 4.51. The van der Waals surface area contributed by atoms with Crippen LogP contribution in [0.25, 0.3) is 0 Å². The monoisotopic (exact) mass is 371 g/mol. The van der Waals surface area contributed by atoms with Crippen molar-refractivity contribution in [3.8, 4) is 0 Å². The minimum Gasteiger partial charge on any atom is -0.290 e. The Labute approximate surface area is 170 Å². The molecule has 0 heterocycles. The molecule has 0 saturated heterocycles. The van der Waals surface area contributed by atoms with E-state index in [0.717, 1.165) is 44.1 Å². The molecular weight excluding hydrogens is 326 g/mol. The molecule has 27 heavy (non-hydrogen) atoms. The molecule has 0 aromatic rings. The minimum absolute atomic E-state index is 0.0379. The van der Waals surface area contributed by atoms with Crippen molar-refractivity contribution in [1.82, 2.24) is 0 Å². The summed E-state index contributed by atoms with van der Waals surface area (Å²) in [5.41, 5.74) is 7.52. The topological polar surface area (TPSA) is 12.4 Å². The van der Waals surface area contributed by atoms with Gasteiger partial charge in [-0.2, -0.15) is 0 Å².